The van der Waals surface area contributed by atoms with E-state index in [9.17, 15) is 9.18 Å². The van der Waals surface area contributed by atoms with Crippen LogP contribution in [-0.2, 0) is 4.84 Å². The Morgan fingerprint density at radius 2 is 2.30 bits per heavy atom. The van der Waals surface area contributed by atoms with Crippen LogP contribution >= 0.6 is 0 Å². The van der Waals surface area contributed by atoms with E-state index < -0.39 is 6.09 Å². The number of rotatable bonds is 3. The number of nitrogens with one attached hydrogen (secondary N) is 1. The molecule has 0 saturated carbocycles. The monoisotopic (exact) mass is 280 g/mol. The van der Waals surface area contributed by atoms with Crippen LogP contribution in [0.3, 0.4) is 0 Å². The quantitative estimate of drug-likeness (QED) is 0.923. The van der Waals surface area contributed by atoms with Gasteiger partial charge in [0.2, 0.25) is 0 Å². The molecule has 5 heteroatoms. The minimum atomic E-state index is -0.431. The van der Waals surface area contributed by atoms with Crippen molar-refractivity contribution in [1.82, 2.24) is 10.4 Å². The molecule has 110 valence electrons. The van der Waals surface area contributed by atoms with E-state index >= 15 is 0 Å². The lowest BCUT2D eigenvalue weighted by atomic mass is 9.94. The molecule has 0 radical (unpaired) electrons. The molecule has 1 aliphatic rings. The summed E-state index contributed by atoms with van der Waals surface area (Å²) >= 11 is 0. The Kier molecular flexibility index (Phi) is 4.95. The summed E-state index contributed by atoms with van der Waals surface area (Å²) in [6.45, 7) is 4.97. The first kappa shape index (κ1) is 14.8. The summed E-state index contributed by atoms with van der Waals surface area (Å²) in [5.41, 5.74) is 1.91. The first-order valence-electron chi connectivity index (χ1n) is 7.10. The van der Waals surface area contributed by atoms with E-state index in [0.29, 0.717) is 13.1 Å². The summed E-state index contributed by atoms with van der Waals surface area (Å²) < 4.78 is 13.2. The van der Waals surface area contributed by atoms with Crippen LogP contribution in [-0.4, -0.2) is 24.2 Å². The highest BCUT2D eigenvalue weighted by atomic mass is 19.1. The number of carbonyl (C=O) groups excluding carboxylic acids is 1. The van der Waals surface area contributed by atoms with Gasteiger partial charge in [-0.1, -0.05) is 12.5 Å². The molecule has 1 aromatic rings. The second-order valence-electron chi connectivity index (χ2n) is 5.06. The average molecular weight is 280 g/mol. The van der Waals surface area contributed by atoms with Crippen molar-refractivity contribution in [2.45, 2.75) is 39.2 Å². The molecule has 1 saturated heterocycles. The van der Waals surface area contributed by atoms with Crippen LogP contribution < -0.4 is 5.32 Å². The van der Waals surface area contributed by atoms with Crippen molar-refractivity contribution >= 4 is 6.09 Å². The van der Waals surface area contributed by atoms with E-state index in [1.165, 1.54) is 12.1 Å². The van der Waals surface area contributed by atoms with Gasteiger partial charge in [0.1, 0.15) is 5.82 Å². The molecule has 1 N–H and O–H groups in total. The second kappa shape index (κ2) is 6.70. The largest absolute Gasteiger partial charge is 0.426 e. The van der Waals surface area contributed by atoms with Gasteiger partial charge in [-0.3, -0.25) is 0 Å². The van der Waals surface area contributed by atoms with Crippen molar-refractivity contribution in [3.05, 3.63) is 35.1 Å². The molecule has 1 unspecified atom stereocenters. The van der Waals surface area contributed by atoms with Gasteiger partial charge in [0.15, 0.2) is 0 Å². The lowest BCUT2D eigenvalue weighted by molar-refractivity contribution is -0.147. The summed E-state index contributed by atoms with van der Waals surface area (Å²) in [4.78, 5) is 17.0. The van der Waals surface area contributed by atoms with Crippen LogP contribution in [0.2, 0.25) is 0 Å². The Hall–Kier alpha value is -1.62. The Labute approximate surface area is 118 Å². The third-order valence-corrected chi connectivity index (χ3v) is 3.57. The number of carbonyl (C=O) groups is 1. The van der Waals surface area contributed by atoms with Crippen LogP contribution in [0.25, 0.3) is 0 Å². The number of hydroxylamine groups is 2. The first-order chi connectivity index (χ1) is 9.61. The predicted molar refractivity (Wildman–Crippen MR) is 74.6 cm³/mol. The fourth-order valence-corrected chi connectivity index (χ4v) is 2.62. The van der Waals surface area contributed by atoms with Crippen LogP contribution in [0.1, 0.15) is 43.4 Å². The fourth-order valence-electron chi connectivity index (χ4n) is 2.62. The number of hydrogen-bond acceptors (Lipinski definition) is 3. The zero-order valence-electron chi connectivity index (χ0n) is 12.0. The molecule has 1 fully saturated rings. The minimum absolute atomic E-state index is 0.00644. The Balaban J connectivity index is 2.15. The maximum absolute atomic E-state index is 13.2. The number of piperidine rings is 1. The second-order valence-corrected chi connectivity index (χ2v) is 5.06. The van der Waals surface area contributed by atoms with Gasteiger partial charge in [0.05, 0.1) is 6.04 Å². The molecule has 1 aliphatic heterocycles. The summed E-state index contributed by atoms with van der Waals surface area (Å²) in [5, 5.41) is 4.34. The van der Waals surface area contributed by atoms with Gasteiger partial charge >= 0.3 is 6.09 Å². The molecule has 1 amide bonds. The minimum Gasteiger partial charge on any atom is -0.350 e. The maximum atomic E-state index is 13.2. The Morgan fingerprint density at radius 1 is 1.50 bits per heavy atom. The SMILES string of the molecule is CCNC(=O)ON1CCCCC1c1ccc(F)cc1C. The zero-order valence-corrected chi connectivity index (χ0v) is 12.0. The van der Waals surface area contributed by atoms with Crippen molar-refractivity contribution in [2.75, 3.05) is 13.1 Å². The van der Waals surface area contributed by atoms with E-state index in [0.717, 1.165) is 30.4 Å². The van der Waals surface area contributed by atoms with Crippen LogP contribution in [0, 0.1) is 12.7 Å². The third-order valence-electron chi connectivity index (χ3n) is 3.57. The van der Waals surface area contributed by atoms with Gasteiger partial charge in [0, 0.05) is 13.1 Å². The molecule has 2 rings (SSSR count). The molecule has 0 aliphatic carbocycles. The van der Waals surface area contributed by atoms with Crippen LogP contribution in [0.4, 0.5) is 9.18 Å². The lowest BCUT2D eigenvalue weighted by Gasteiger charge is -2.34. The Bertz CT molecular complexity index is 479. The van der Waals surface area contributed by atoms with Gasteiger partial charge in [-0.05, 0) is 49.9 Å². The van der Waals surface area contributed by atoms with E-state index in [1.807, 2.05) is 13.8 Å². The van der Waals surface area contributed by atoms with Gasteiger partial charge < -0.3 is 10.2 Å². The average Bonchev–Trinajstić information content (AvgIpc) is 2.40. The third kappa shape index (κ3) is 3.48. The highest BCUT2D eigenvalue weighted by molar-refractivity contribution is 5.66. The van der Waals surface area contributed by atoms with Crippen molar-refractivity contribution in [1.29, 1.82) is 0 Å². The molecule has 1 heterocycles. The van der Waals surface area contributed by atoms with Crippen molar-refractivity contribution in [3.8, 4) is 0 Å². The first-order valence-corrected chi connectivity index (χ1v) is 7.10. The maximum Gasteiger partial charge on any atom is 0.426 e. The summed E-state index contributed by atoms with van der Waals surface area (Å²) in [6, 6.07) is 4.77. The van der Waals surface area contributed by atoms with Gasteiger partial charge in [0.25, 0.3) is 0 Å². The molecule has 20 heavy (non-hydrogen) atoms. The van der Waals surface area contributed by atoms with E-state index in [1.54, 1.807) is 11.1 Å². The summed E-state index contributed by atoms with van der Waals surface area (Å²) in [5.74, 6) is -0.238. The number of nitrogens with zero attached hydrogens (tertiary/aromatic N) is 1. The number of amides is 1. The number of halogens is 1. The highest BCUT2D eigenvalue weighted by Crippen LogP contribution is 2.33. The fraction of sp³-hybridized carbons (Fsp3) is 0.533. The van der Waals surface area contributed by atoms with Crippen molar-refractivity contribution in [2.24, 2.45) is 0 Å². The molecule has 0 aromatic heterocycles. The smallest absolute Gasteiger partial charge is 0.350 e. The molecule has 4 nitrogen and oxygen atoms in total. The topological polar surface area (TPSA) is 41.6 Å². The summed E-state index contributed by atoms with van der Waals surface area (Å²) in [7, 11) is 0. The van der Waals surface area contributed by atoms with Crippen LogP contribution in [0.5, 0.6) is 0 Å². The summed E-state index contributed by atoms with van der Waals surface area (Å²) in [6.07, 6.45) is 2.55. The van der Waals surface area contributed by atoms with Crippen LogP contribution in [0.15, 0.2) is 18.2 Å². The standard InChI is InChI=1S/C15H21FN2O2/c1-3-17-15(19)20-18-9-5-4-6-14(18)13-8-7-12(16)10-11(13)2/h7-8,10,14H,3-6,9H2,1-2H3,(H,17,19). The number of aryl methyl sites for hydroxylation is 1. The molecular weight excluding hydrogens is 259 g/mol. The molecule has 1 aromatic carbocycles. The molecule has 1 atom stereocenters. The Morgan fingerprint density at radius 3 is 3.00 bits per heavy atom. The highest BCUT2D eigenvalue weighted by Gasteiger charge is 2.28. The molecular formula is C15H21FN2O2. The van der Waals surface area contributed by atoms with Crippen molar-refractivity contribution in [3.63, 3.8) is 0 Å². The number of benzene rings is 1. The normalized spacial score (nSPS) is 19.6. The predicted octanol–water partition coefficient (Wildman–Crippen LogP) is 3.32. The van der Waals surface area contributed by atoms with E-state index in [2.05, 4.69) is 5.32 Å². The van der Waals surface area contributed by atoms with Gasteiger partial charge in [-0.2, -0.15) is 0 Å². The van der Waals surface area contributed by atoms with E-state index in [4.69, 9.17) is 4.84 Å². The number of hydrogen-bond donors (Lipinski definition) is 1. The zero-order chi connectivity index (χ0) is 14.5. The molecule has 0 bridgehead atoms. The van der Waals surface area contributed by atoms with E-state index in [-0.39, 0.29) is 11.9 Å². The lowest BCUT2D eigenvalue weighted by Crippen LogP contribution is -2.39. The van der Waals surface area contributed by atoms with Crippen molar-refractivity contribution < 1.29 is 14.0 Å². The molecule has 0 spiro atoms. The van der Waals surface area contributed by atoms with Gasteiger partial charge in [-0.25, -0.2) is 9.18 Å². The van der Waals surface area contributed by atoms with Gasteiger partial charge in [-0.15, -0.1) is 5.06 Å².